The second-order valence-electron chi connectivity index (χ2n) is 7.74. The van der Waals surface area contributed by atoms with Crippen molar-refractivity contribution in [3.63, 3.8) is 0 Å². The zero-order valence-electron chi connectivity index (χ0n) is 18.6. The van der Waals surface area contributed by atoms with E-state index < -0.39 is 29.3 Å². The topological polar surface area (TPSA) is 79.3 Å². The molecule has 0 bridgehead atoms. The molecule has 1 fully saturated rings. The summed E-state index contributed by atoms with van der Waals surface area (Å²) in [6.07, 6.45) is 0.628. The van der Waals surface area contributed by atoms with E-state index in [1.807, 2.05) is 19.0 Å². The van der Waals surface area contributed by atoms with Gasteiger partial charge in [0.2, 0.25) is 0 Å². The smallest absolute Gasteiger partial charge is 0.295 e. The lowest BCUT2D eigenvalue weighted by Gasteiger charge is -2.27. The van der Waals surface area contributed by atoms with E-state index in [0.717, 1.165) is 6.07 Å². The maximum Gasteiger partial charge on any atom is 0.295 e. The number of methoxy groups -OCH3 is 2. The number of nitrogens with zero attached hydrogens (tertiary/aromatic N) is 2. The first-order valence-corrected chi connectivity index (χ1v) is 10.2. The summed E-state index contributed by atoms with van der Waals surface area (Å²) in [6, 6.07) is 10.0. The Morgan fingerprint density at radius 3 is 2.41 bits per heavy atom. The summed E-state index contributed by atoms with van der Waals surface area (Å²) >= 11 is 0. The number of benzene rings is 2. The van der Waals surface area contributed by atoms with Gasteiger partial charge in [0, 0.05) is 17.7 Å². The third kappa shape index (κ3) is 4.45. The molecule has 0 aliphatic carbocycles. The number of hydrogen-bond acceptors (Lipinski definition) is 6. The molecule has 0 saturated carbocycles. The van der Waals surface area contributed by atoms with E-state index >= 15 is 0 Å². The first-order chi connectivity index (χ1) is 15.3. The Hall–Kier alpha value is -3.39. The number of ketones is 1. The van der Waals surface area contributed by atoms with Crippen LogP contribution in [0.2, 0.25) is 0 Å². The number of carbonyl (C=O) groups excluding carboxylic acids is 2. The van der Waals surface area contributed by atoms with Gasteiger partial charge in [0.1, 0.15) is 11.5 Å². The fraction of sp³-hybridized carbons (Fsp3) is 0.333. The Morgan fingerprint density at radius 2 is 1.78 bits per heavy atom. The third-order valence-electron chi connectivity index (χ3n) is 5.40. The van der Waals surface area contributed by atoms with Gasteiger partial charge in [-0.15, -0.1) is 0 Å². The normalized spacial score (nSPS) is 17.8. The Kier molecular flexibility index (Phi) is 7.15. The standard InChI is InChI=1S/C24H27FN2O5/c1-26(2)12-7-13-27-21(16-8-5-6-9-18(16)31-3)20(23(29)24(27)30)22(28)15-10-11-19(32-4)17(25)14-15/h5-6,8-11,14,21,28H,7,12-13H2,1-4H3. The second kappa shape index (κ2) is 9.82. The van der Waals surface area contributed by atoms with Crippen LogP contribution < -0.4 is 9.47 Å². The number of para-hydroxylation sites is 1. The number of aliphatic hydroxyl groups is 1. The van der Waals surface area contributed by atoms with E-state index in [-0.39, 0.29) is 16.9 Å². The van der Waals surface area contributed by atoms with Gasteiger partial charge in [-0.05, 0) is 51.3 Å². The number of hydrogen-bond donors (Lipinski definition) is 1. The molecule has 1 heterocycles. The van der Waals surface area contributed by atoms with Crippen molar-refractivity contribution in [3.05, 3.63) is 65.0 Å². The third-order valence-corrected chi connectivity index (χ3v) is 5.40. The highest BCUT2D eigenvalue weighted by Gasteiger charge is 2.46. The summed E-state index contributed by atoms with van der Waals surface area (Å²) in [5, 5.41) is 11.0. The van der Waals surface area contributed by atoms with E-state index in [9.17, 15) is 19.1 Å². The summed E-state index contributed by atoms with van der Waals surface area (Å²) in [5.74, 6) is -2.19. The van der Waals surface area contributed by atoms with Gasteiger partial charge in [0.15, 0.2) is 11.6 Å². The fourth-order valence-electron chi connectivity index (χ4n) is 3.85. The molecule has 8 heteroatoms. The Labute approximate surface area is 186 Å². The molecule has 3 rings (SSSR count). The zero-order chi connectivity index (χ0) is 23.4. The Balaban J connectivity index is 2.15. The molecule has 32 heavy (non-hydrogen) atoms. The highest BCUT2D eigenvalue weighted by atomic mass is 19.1. The van der Waals surface area contributed by atoms with Crippen molar-refractivity contribution in [3.8, 4) is 11.5 Å². The van der Waals surface area contributed by atoms with Crippen LogP contribution in [0.5, 0.6) is 11.5 Å². The van der Waals surface area contributed by atoms with Crippen molar-refractivity contribution >= 4 is 17.4 Å². The number of rotatable bonds is 8. The van der Waals surface area contributed by atoms with Gasteiger partial charge in [-0.1, -0.05) is 18.2 Å². The highest BCUT2D eigenvalue weighted by molar-refractivity contribution is 6.46. The van der Waals surface area contributed by atoms with Crippen LogP contribution in [-0.4, -0.2) is 68.0 Å². The van der Waals surface area contributed by atoms with Crippen molar-refractivity contribution in [1.29, 1.82) is 0 Å². The minimum Gasteiger partial charge on any atom is -0.507 e. The van der Waals surface area contributed by atoms with Gasteiger partial charge >= 0.3 is 0 Å². The molecule has 0 radical (unpaired) electrons. The highest BCUT2D eigenvalue weighted by Crippen LogP contribution is 2.42. The Bertz CT molecular complexity index is 1050. The number of carbonyl (C=O) groups is 2. The number of amides is 1. The number of likely N-dealkylation sites (tertiary alicyclic amines) is 1. The van der Waals surface area contributed by atoms with Crippen molar-refractivity contribution in [1.82, 2.24) is 9.80 Å². The van der Waals surface area contributed by atoms with E-state index in [1.54, 1.807) is 24.3 Å². The first kappa shape index (κ1) is 23.3. The van der Waals surface area contributed by atoms with Gasteiger partial charge < -0.3 is 24.4 Å². The van der Waals surface area contributed by atoms with E-state index in [0.29, 0.717) is 30.8 Å². The van der Waals surface area contributed by atoms with Gasteiger partial charge in [-0.2, -0.15) is 0 Å². The van der Waals surface area contributed by atoms with Gasteiger partial charge in [0.05, 0.1) is 25.8 Å². The molecule has 1 atom stereocenters. The number of aliphatic hydroxyl groups excluding tert-OH is 1. The molecular weight excluding hydrogens is 415 g/mol. The SMILES string of the molecule is COc1ccc(C(O)=C2C(=O)C(=O)N(CCCN(C)C)C2c2ccccc2OC)cc1F. The zero-order valence-corrected chi connectivity index (χ0v) is 18.6. The minimum absolute atomic E-state index is 0.00645. The predicted molar refractivity (Wildman–Crippen MR) is 118 cm³/mol. The van der Waals surface area contributed by atoms with Crippen molar-refractivity contribution in [2.24, 2.45) is 0 Å². The molecule has 1 aliphatic rings. The molecule has 170 valence electrons. The summed E-state index contributed by atoms with van der Waals surface area (Å²) in [6.45, 7) is 1.02. The molecule has 2 aromatic rings. The van der Waals surface area contributed by atoms with Gasteiger partial charge in [0.25, 0.3) is 11.7 Å². The Morgan fingerprint density at radius 1 is 1.09 bits per heavy atom. The van der Waals surface area contributed by atoms with Crippen LogP contribution in [0.3, 0.4) is 0 Å². The molecule has 1 saturated heterocycles. The maximum absolute atomic E-state index is 14.3. The van der Waals surface area contributed by atoms with Crippen molar-refractivity contribution in [2.75, 3.05) is 41.4 Å². The van der Waals surface area contributed by atoms with Crippen LogP contribution in [0.25, 0.3) is 5.76 Å². The van der Waals surface area contributed by atoms with E-state index in [1.165, 1.54) is 31.3 Å². The van der Waals surface area contributed by atoms with Crippen LogP contribution in [0, 0.1) is 5.82 Å². The van der Waals surface area contributed by atoms with Crippen LogP contribution in [0.1, 0.15) is 23.6 Å². The minimum atomic E-state index is -0.863. The molecular formula is C24H27FN2O5. The van der Waals surface area contributed by atoms with E-state index in [2.05, 4.69) is 0 Å². The first-order valence-electron chi connectivity index (χ1n) is 10.2. The lowest BCUT2D eigenvalue weighted by molar-refractivity contribution is -0.140. The maximum atomic E-state index is 14.3. The largest absolute Gasteiger partial charge is 0.507 e. The van der Waals surface area contributed by atoms with Gasteiger partial charge in [-0.3, -0.25) is 9.59 Å². The molecule has 7 nitrogen and oxygen atoms in total. The lowest BCUT2D eigenvalue weighted by atomic mass is 9.94. The van der Waals surface area contributed by atoms with Crippen LogP contribution in [0.4, 0.5) is 4.39 Å². The van der Waals surface area contributed by atoms with E-state index in [4.69, 9.17) is 9.47 Å². The number of Topliss-reactive ketones (excluding diaryl/α,β-unsaturated/α-hetero) is 1. The summed E-state index contributed by atoms with van der Waals surface area (Å²) in [7, 11) is 6.67. The molecule has 1 aliphatic heterocycles. The summed E-state index contributed by atoms with van der Waals surface area (Å²) in [5.41, 5.74) is 0.540. The molecule has 1 N–H and O–H groups in total. The molecule has 2 aromatic carbocycles. The van der Waals surface area contributed by atoms with Crippen LogP contribution in [-0.2, 0) is 9.59 Å². The molecule has 1 unspecified atom stereocenters. The van der Waals surface area contributed by atoms with Gasteiger partial charge in [-0.25, -0.2) is 4.39 Å². The van der Waals surface area contributed by atoms with Crippen molar-refractivity contribution in [2.45, 2.75) is 12.5 Å². The average Bonchev–Trinajstić information content (AvgIpc) is 3.03. The lowest BCUT2D eigenvalue weighted by Crippen LogP contribution is -2.32. The second-order valence-corrected chi connectivity index (χ2v) is 7.74. The predicted octanol–water partition coefficient (Wildman–Crippen LogP) is 3.22. The number of halogens is 1. The number of ether oxygens (including phenoxy) is 2. The monoisotopic (exact) mass is 442 g/mol. The average molecular weight is 442 g/mol. The summed E-state index contributed by atoms with van der Waals surface area (Å²) < 4.78 is 24.7. The van der Waals surface area contributed by atoms with Crippen molar-refractivity contribution < 1.29 is 28.6 Å². The van der Waals surface area contributed by atoms with Crippen LogP contribution in [0.15, 0.2) is 48.0 Å². The quantitative estimate of drug-likeness (QED) is 0.384. The fourth-order valence-corrected chi connectivity index (χ4v) is 3.85. The molecule has 1 amide bonds. The molecule has 0 spiro atoms. The van der Waals surface area contributed by atoms with Crippen LogP contribution >= 0.6 is 0 Å². The molecule has 0 aromatic heterocycles. The summed E-state index contributed by atoms with van der Waals surface area (Å²) in [4.78, 5) is 29.4.